The molecule has 0 aliphatic heterocycles. The number of nitrogens with zero attached hydrogens (tertiary/aromatic N) is 1. The third kappa shape index (κ3) is 3.45. The van der Waals surface area contributed by atoms with Gasteiger partial charge in [0.1, 0.15) is 0 Å². The lowest BCUT2D eigenvalue weighted by molar-refractivity contribution is -0.385. The molecule has 0 saturated carbocycles. The third-order valence-corrected chi connectivity index (χ3v) is 2.97. The fourth-order valence-corrected chi connectivity index (χ4v) is 1.98. The van der Waals surface area contributed by atoms with Crippen molar-refractivity contribution < 1.29 is 19.6 Å². The molecule has 2 aromatic carbocycles. The largest absolute Gasteiger partial charge is 0.478 e. The second-order valence-electron chi connectivity index (χ2n) is 4.46. The Morgan fingerprint density at radius 1 is 1.09 bits per heavy atom. The van der Waals surface area contributed by atoms with E-state index in [1.807, 2.05) is 0 Å². The first-order valence-corrected chi connectivity index (χ1v) is 6.33. The van der Waals surface area contributed by atoms with Crippen LogP contribution in [-0.2, 0) is 11.2 Å². The molecule has 0 saturated heterocycles. The molecule has 0 unspecified atom stereocenters. The van der Waals surface area contributed by atoms with E-state index in [0.717, 1.165) is 0 Å². The van der Waals surface area contributed by atoms with Gasteiger partial charge in [-0.15, -0.1) is 0 Å². The lowest BCUT2D eigenvalue weighted by atomic mass is 10.1. The smallest absolute Gasteiger partial charge is 0.337 e. The zero-order chi connectivity index (χ0) is 16.1. The van der Waals surface area contributed by atoms with E-state index in [9.17, 15) is 19.7 Å². The molecule has 7 heteroatoms. The highest BCUT2D eigenvalue weighted by atomic mass is 16.6. The van der Waals surface area contributed by atoms with Crippen molar-refractivity contribution in [2.45, 2.75) is 6.42 Å². The number of nitrogens with one attached hydrogen (secondary N) is 1. The van der Waals surface area contributed by atoms with Crippen molar-refractivity contribution >= 4 is 23.3 Å². The summed E-state index contributed by atoms with van der Waals surface area (Å²) < 4.78 is 0. The maximum absolute atomic E-state index is 12.0. The molecule has 0 aromatic heterocycles. The molecule has 0 heterocycles. The molecule has 0 bridgehead atoms. The second kappa shape index (κ2) is 6.49. The molecule has 0 fully saturated rings. The van der Waals surface area contributed by atoms with Crippen LogP contribution in [0.1, 0.15) is 15.9 Å². The minimum atomic E-state index is -1.17. The molecule has 2 aromatic rings. The van der Waals surface area contributed by atoms with Crippen molar-refractivity contribution in [3.8, 4) is 0 Å². The molecule has 22 heavy (non-hydrogen) atoms. The van der Waals surface area contributed by atoms with E-state index in [4.69, 9.17) is 5.11 Å². The van der Waals surface area contributed by atoms with Crippen molar-refractivity contribution in [2.75, 3.05) is 5.32 Å². The number of rotatable bonds is 5. The molecule has 7 nitrogen and oxygen atoms in total. The lowest BCUT2D eigenvalue weighted by Gasteiger charge is -2.08. The molecular weight excluding hydrogens is 288 g/mol. The van der Waals surface area contributed by atoms with Crippen LogP contribution in [0.2, 0.25) is 0 Å². The van der Waals surface area contributed by atoms with E-state index >= 15 is 0 Å². The van der Waals surface area contributed by atoms with Crippen LogP contribution >= 0.6 is 0 Å². The van der Waals surface area contributed by atoms with Gasteiger partial charge in [0.15, 0.2) is 0 Å². The van der Waals surface area contributed by atoms with Crippen LogP contribution in [0, 0.1) is 10.1 Å². The standard InChI is InChI=1S/C15H12N2O5/c18-14(9-10-5-1-4-8-13(10)17(21)22)16-12-7-3-2-6-11(12)15(19)20/h1-8H,9H2,(H,16,18)(H,19,20). The van der Waals surface area contributed by atoms with E-state index in [0.29, 0.717) is 0 Å². The number of hydrogen-bond donors (Lipinski definition) is 2. The summed E-state index contributed by atoms with van der Waals surface area (Å²) in [6.07, 6.45) is -0.217. The molecule has 1 amide bonds. The molecule has 0 aliphatic carbocycles. The highest BCUT2D eigenvalue weighted by molar-refractivity contribution is 6.01. The van der Waals surface area contributed by atoms with Crippen LogP contribution < -0.4 is 5.32 Å². The summed E-state index contributed by atoms with van der Waals surface area (Å²) in [4.78, 5) is 33.4. The number of carboxylic acid groups (broad SMARTS) is 1. The Morgan fingerprint density at radius 2 is 1.73 bits per heavy atom. The zero-order valence-electron chi connectivity index (χ0n) is 11.4. The quantitative estimate of drug-likeness (QED) is 0.651. The summed E-state index contributed by atoms with van der Waals surface area (Å²) in [5, 5.41) is 22.4. The number of hydrogen-bond acceptors (Lipinski definition) is 4. The highest BCUT2D eigenvalue weighted by Crippen LogP contribution is 2.20. The Hall–Kier alpha value is -3.22. The highest BCUT2D eigenvalue weighted by Gasteiger charge is 2.17. The van der Waals surface area contributed by atoms with Crippen LogP contribution in [0.15, 0.2) is 48.5 Å². The van der Waals surface area contributed by atoms with Gasteiger partial charge in [0.2, 0.25) is 5.91 Å². The first-order valence-electron chi connectivity index (χ1n) is 6.33. The van der Waals surface area contributed by atoms with E-state index in [1.165, 1.54) is 30.3 Å². The van der Waals surface area contributed by atoms with Crippen LogP contribution in [-0.4, -0.2) is 21.9 Å². The van der Waals surface area contributed by atoms with Crippen molar-refractivity contribution in [1.82, 2.24) is 0 Å². The van der Waals surface area contributed by atoms with Gasteiger partial charge in [0.05, 0.1) is 22.6 Å². The first-order chi connectivity index (χ1) is 10.5. The van der Waals surface area contributed by atoms with Gasteiger partial charge in [-0.2, -0.15) is 0 Å². The molecule has 2 rings (SSSR count). The van der Waals surface area contributed by atoms with Gasteiger partial charge in [0, 0.05) is 11.6 Å². The Labute approximate surface area is 125 Å². The predicted octanol–water partition coefficient (Wildman–Crippen LogP) is 2.47. The van der Waals surface area contributed by atoms with E-state index in [1.54, 1.807) is 18.2 Å². The van der Waals surface area contributed by atoms with E-state index in [-0.39, 0.29) is 28.9 Å². The summed E-state index contributed by atoms with van der Waals surface area (Å²) in [5.41, 5.74) is 0.221. The second-order valence-corrected chi connectivity index (χ2v) is 4.46. The summed E-state index contributed by atoms with van der Waals surface area (Å²) in [7, 11) is 0. The predicted molar refractivity (Wildman–Crippen MR) is 78.8 cm³/mol. The molecule has 0 atom stereocenters. The third-order valence-electron chi connectivity index (χ3n) is 2.97. The average molecular weight is 300 g/mol. The first kappa shape index (κ1) is 15.2. The Balaban J connectivity index is 2.18. The van der Waals surface area contributed by atoms with Gasteiger partial charge in [-0.3, -0.25) is 14.9 Å². The fraction of sp³-hybridized carbons (Fsp3) is 0.0667. The summed E-state index contributed by atoms with van der Waals surface area (Å²) in [6.45, 7) is 0. The summed E-state index contributed by atoms with van der Waals surface area (Å²) >= 11 is 0. The number of carbonyl (C=O) groups is 2. The zero-order valence-corrected chi connectivity index (χ0v) is 11.4. The number of carbonyl (C=O) groups excluding carboxylic acids is 1. The van der Waals surface area contributed by atoms with E-state index in [2.05, 4.69) is 5.32 Å². The van der Waals surface area contributed by atoms with Crippen molar-refractivity contribution in [3.05, 3.63) is 69.8 Å². The maximum Gasteiger partial charge on any atom is 0.337 e. The monoisotopic (exact) mass is 300 g/mol. The summed E-state index contributed by atoms with van der Waals surface area (Å²) in [6, 6.07) is 11.9. The maximum atomic E-state index is 12.0. The van der Waals surface area contributed by atoms with Gasteiger partial charge in [-0.05, 0) is 12.1 Å². The number of amides is 1. The number of anilines is 1. The van der Waals surface area contributed by atoms with Crippen LogP contribution in [0.3, 0.4) is 0 Å². The molecule has 0 aliphatic rings. The van der Waals surface area contributed by atoms with Gasteiger partial charge in [-0.1, -0.05) is 30.3 Å². The van der Waals surface area contributed by atoms with Crippen molar-refractivity contribution in [2.24, 2.45) is 0 Å². The van der Waals surface area contributed by atoms with Gasteiger partial charge >= 0.3 is 5.97 Å². The van der Waals surface area contributed by atoms with Gasteiger partial charge in [-0.25, -0.2) is 4.79 Å². The minimum absolute atomic E-state index is 0.0431. The van der Waals surface area contributed by atoms with Crippen molar-refractivity contribution in [1.29, 1.82) is 0 Å². The molecule has 112 valence electrons. The fourth-order valence-electron chi connectivity index (χ4n) is 1.98. The molecular formula is C15H12N2O5. The molecule has 2 N–H and O–H groups in total. The average Bonchev–Trinajstić information content (AvgIpc) is 2.47. The van der Waals surface area contributed by atoms with Crippen molar-refractivity contribution in [3.63, 3.8) is 0 Å². The molecule has 0 radical (unpaired) electrons. The Morgan fingerprint density at radius 3 is 2.41 bits per heavy atom. The number of carboxylic acids is 1. The van der Waals surface area contributed by atoms with Crippen LogP contribution in [0.25, 0.3) is 0 Å². The van der Waals surface area contributed by atoms with Crippen LogP contribution in [0.4, 0.5) is 11.4 Å². The van der Waals surface area contributed by atoms with Crippen LogP contribution in [0.5, 0.6) is 0 Å². The normalized spacial score (nSPS) is 10.0. The topological polar surface area (TPSA) is 110 Å². The number of benzene rings is 2. The SMILES string of the molecule is O=C(Cc1ccccc1[N+](=O)[O-])Nc1ccccc1C(=O)O. The molecule has 0 spiro atoms. The van der Waals surface area contributed by atoms with Gasteiger partial charge in [0.25, 0.3) is 5.69 Å². The lowest BCUT2D eigenvalue weighted by Crippen LogP contribution is -2.17. The Bertz CT molecular complexity index is 681. The summed E-state index contributed by atoms with van der Waals surface area (Å²) in [5.74, 6) is -1.69. The Kier molecular flexibility index (Phi) is 4.47. The van der Waals surface area contributed by atoms with E-state index < -0.39 is 16.8 Å². The minimum Gasteiger partial charge on any atom is -0.478 e. The van der Waals surface area contributed by atoms with Gasteiger partial charge < -0.3 is 10.4 Å². The number of aromatic carboxylic acids is 1. The number of nitro groups is 1. The number of nitro benzene ring substituents is 1. The number of para-hydroxylation sites is 2.